The van der Waals surface area contributed by atoms with Crippen LogP contribution in [0.25, 0.3) is 0 Å². The maximum atomic E-state index is 13.3. The van der Waals surface area contributed by atoms with Gasteiger partial charge in [-0.2, -0.15) is 0 Å². The van der Waals surface area contributed by atoms with E-state index in [0.29, 0.717) is 25.1 Å². The molecule has 1 heterocycles. The molecule has 0 aliphatic carbocycles. The normalized spacial score (nSPS) is 16.6. The first-order valence-corrected chi connectivity index (χ1v) is 12.7. The van der Waals surface area contributed by atoms with Crippen molar-refractivity contribution in [3.05, 3.63) is 35.9 Å². The van der Waals surface area contributed by atoms with Gasteiger partial charge in [0.15, 0.2) is 5.78 Å². The molecule has 2 atom stereocenters. The fourth-order valence-corrected chi connectivity index (χ4v) is 4.39. The Kier molecular flexibility index (Phi) is 10.4. The second kappa shape index (κ2) is 12.8. The van der Waals surface area contributed by atoms with Crippen LogP contribution in [0.15, 0.2) is 30.3 Å². The van der Waals surface area contributed by atoms with Gasteiger partial charge in [-0.05, 0) is 45.1 Å². The monoisotopic (exact) mass is 491 g/mol. The number of benzene rings is 1. The number of hydrogen-bond donors (Lipinski definition) is 2. The summed E-state index contributed by atoms with van der Waals surface area (Å²) in [6, 6.07) is 8.80. The Balaban J connectivity index is 2.11. The first-order chi connectivity index (χ1) is 15.9. The summed E-state index contributed by atoms with van der Waals surface area (Å²) in [5, 5.41) is 5.19. The van der Waals surface area contributed by atoms with E-state index in [1.165, 1.54) is 4.90 Å². The van der Waals surface area contributed by atoms with Gasteiger partial charge in [-0.25, -0.2) is 4.79 Å². The van der Waals surface area contributed by atoms with E-state index in [1.807, 2.05) is 44.2 Å². The maximum absolute atomic E-state index is 13.3. The Morgan fingerprint density at radius 3 is 2.44 bits per heavy atom. The zero-order valence-corrected chi connectivity index (χ0v) is 21.6. The molecule has 0 radical (unpaired) electrons. The lowest BCUT2D eigenvalue weighted by molar-refractivity contribution is -0.124. The number of ketones is 1. The number of carbonyl (C=O) groups excluding carboxylic acids is 4. The van der Waals surface area contributed by atoms with Crippen LogP contribution in [0.5, 0.6) is 0 Å². The van der Waals surface area contributed by atoms with Gasteiger partial charge in [0.25, 0.3) is 5.24 Å². The molecule has 1 aliphatic rings. The summed E-state index contributed by atoms with van der Waals surface area (Å²) in [4.78, 5) is 52.3. The highest BCUT2D eigenvalue weighted by molar-refractivity contribution is 8.12. The van der Waals surface area contributed by atoms with Gasteiger partial charge in [0.05, 0.1) is 18.5 Å². The van der Waals surface area contributed by atoms with Crippen LogP contribution in [0.4, 0.5) is 9.59 Å². The summed E-state index contributed by atoms with van der Waals surface area (Å²) in [6.45, 7) is 9.72. The predicted octanol–water partition coefficient (Wildman–Crippen LogP) is 3.99. The molecular formula is C25H37N3O5S. The number of ether oxygens (including phenoxy) is 1. The summed E-state index contributed by atoms with van der Waals surface area (Å²) in [5.41, 5.74) is 0.302. The average molecular weight is 492 g/mol. The predicted molar refractivity (Wildman–Crippen MR) is 133 cm³/mol. The van der Waals surface area contributed by atoms with Gasteiger partial charge in [0, 0.05) is 18.8 Å². The standard InChI is InChI=1S/C25H37N3O5S/c1-17(2)13-20(27-23(31)33-25(3,4)5)21(29)15-28(14-19-11-12-26-22(19)30)24(32)34-16-18-9-7-6-8-10-18/h6-10,17,19-20H,11-16H2,1-5H3,(H,26,30)(H,27,31)/t19-,20-/m0/s1. The summed E-state index contributed by atoms with van der Waals surface area (Å²) < 4.78 is 5.32. The van der Waals surface area contributed by atoms with E-state index in [2.05, 4.69) is 10.6 Å². The molecular weight excluding hydrogens is 454 g/mol. The molecule has 0 bridgehead atoms. The number of amides is 3. The van der Waals surface area contributed by atoms with Crippen LogP contribution in [0.2, 0.25) is 0 Å². The largest absolute Gasteiger partial charge is 0.444 e. The number of rotatable bonds is 10. The van der Waals surface area contributed by atoms with Crippen molar-refractivity contribution in [3.8, 4) is 0 Å². The highest BCUT2D eigenvalue weighted by Crippen LogP contribution is 2.20. The SMILES string of the molecule is CC(C)C[C@H](NC(=O)OC(C)(C)C)C(=O)CN(C[C@@H]1CCNC1=O)C(=O)SCc1ccccc1. The number of carbonyl (C=O) groups is 4. The third-order valence-corrected chi connectivity index (χ3v) is 6.18. The van der Waals surface area contributed by atoms with Crippen LogP contribution in [0.3, 0.4) is 0 Å². The van der Waals surface area contributed by atoms with E-state index in [0.717, 1.165) is 17.3 Å². The first kappa shape index (κ1) is 27.7. The summed E-state index contributed by atoms with van der Waals surface area (Å²) in [5.74, 6) is -0.139. The number of thioether (sulfide) groups is 1. The Bertz CT molecular complexity index is 854. The van der Waals surface area contributed by atoms with Crippen LogP contribution in [0.1, 0.15) is 53.0 Å². The van der Waals surface area contributed by atoms with Crippen molar-refractivity contribution in [3.63, 3.8) is 0 Å². The molecule has 0 spiro atoms. The Morgan fingerprint density at radius 1 is 1.21 bits per heavy atom. The molecule has 1 aliphatic heterocycles. The van der Waals surface area contributed by atoms with Crippen molar-refractivity contribution in [2.75, 3.05) is 19.6 Å². The van der Waals surface area contributed by atoms with Crippen molar-refractivity contribution in [1.82, 2.24) is 15.5 Å². The van der Waals surface area contributed by atoms with Crippen LogP contribution in [-0.2, 0) is 20.1 Å². The first-order valence-electron chi connectivity index (χ1n) is 11.7. The van der Waals surface area contributed by atoms with E-state index in [-0.39, 0.29) is 41.9 Å². The van der Waals surface area contributed by atoms with Gasteiger partial charge in [-0.15, -0.1) is 0 Å². The number of nitrogens with one attached hydrogen (secondary N) is 2. The van der Waals surface area contributed by atoms with Crippen molar-refractivity contribution in [2.45, 2.75) is 64.9 Å². The highest BCUT2D eigenvalue weighted by atomic mass is 32.2. The van der Waals surface area contributed by atoms with Crippen LogP contribution >= 0.6 is 11.8 Å². The van der Waals surface area contributed by atoms with E-state index in [4.69, 9.17) is 4.74 Å². The van der Waals surface area contributed by atoms with Crippen molar-refractivity contribution >= 4 is 34.8 Å². The van der Waals surface area contributed by atoms with Crippen molar-refractivity contribution in [2.24, 2.45) is 11.8 Å². The Morgan fingerprint density at radius 2 is 1.88 bits per heavy atom. The lowest BCUT2D eigenvalue weighted by Crippen LogP contribution is -2.49. The number of hydrogen-bond acceptors (Lipinski definition) is 6. The van der Waals surface area contributed by atoms with Crippen LogP contribution in [-0.4, -0.2) is 59.2 Å². The minimum Gasteiger partial charge on any atom is -0.444 e. The number of nitrogens with zero attached hydrogens (tertiary/aromatic N) is 1. The molecule has 1 saturated heterocycles. The summed E-state index contributed by atoms with van der Waals surface area (Å²) in [7, 11) is 0. The maximum Gasteiger partial charge on any atom is 0.408 e. The smallest absolute Gasteiger partial charge is 0.408 e. The van der Waals surface area contributed by atoms with Gasteiger partial charge in [0.2, 0.25) is 5.91 Å². The molecule has 0 aromatic heterocycles. The van der Waals surface area contributed by atoms with Crippen LogP contribution < -0.4 is 10.6 Å². The van der Waals surface area contributed by atoms with E-state index < -0.39 is 17.7 Å². The van der Waals surface area contributed by atoms with Crippen LogP contribution in [0, 0.1) is 11.8 Å². The summed E-state index contributed by atoms with van der Waals surface area (Å²) >= 11 is 1.10. The minimum absolute atomic E-state index is 0.107. The molecule has 3 amide bonds. The van der Waals surface area contributed by atoms with Gasteiger partial charge >= 0.3 is 6.09 Å². The molecule has 9 heteroatoms. The highest BCUT2D eigenvalue weighted by Gasteiger charge is 2.32. The molecule has 1 aromatic rings. The van der Waals surface area contributed by atoms with Crippen molar-refractivity contribution in [1.29, 1.82) is 0 Å². The second-order valence-corrected chi connectivity index (χ2v) is 10.9. The lowest BCUT2D eigenvalue weighted by Gasteiger charge is -2.28. The lowest BCUT2D eigenvalue weighted by atomic mass is 9.99. The topological polar surface area (TPSA) is 105 Å². The Hall–Kier alpha value is -2.55. The van der Waals surface area contributed by atoms with E-state index in [9.17, 15) is 19.2 Å². The molecule has 2 N–H and O–H groups in total. The fraction of sp³-hybridized carbons (Fsp3) is 0.600. The molecule has 0 unspecified atom stereocenters. The summed E-state index contributed by atoms with van der Waals surface area (Å²) in [6.07, 6.45) is 0.366. The molecule has 0 saturated carbocycles. The fourth-order valence-electron chi connectivity index (χ4n) is 3.59. The zero-order valence-electron chi connectivity index (χ0n) is 20.8. The third-order valence-electron chi connectivity index (χ3n) is 5.20. The van der Waals surface area contributed by atoms with Gasteiger partial charge in [-0.1, -0.05) is 55.9 Å². The molecule has 1 aromatic carbocycles. The number of alkyl carbamates (subject to hydrolysis) is 1. The molecule has 188 valence electrons. The minimum atomic E-state index is -0.790. The van der Waals surface area contributed by atoms with E-state index in [1.54, 1.807) is 20.8 Å². The van der Waals surface area contributed by atoms with Gasteiger partial charge in [-0.3, -0.25) is 14.4 Å². The van der Waals surface area contributed by atoms with E-state index >= 15 is 0 Å². The number of Topliss-reactive ketones (excluding diaryl/α,β-unsaturated/α-hetero) is 1. The molecule has 8 nitrogen and oxygen atoms in total. The van der Waals surface area contributed by atoms with Gasteiger partial charge < -0.3 is 20.3 Å². The zero-order chi connectivity index (χ0) is 25.3. The Labute approximate surface area is 206 Å². The third kappa shape index (κ3) is 9.75. The van der Waals surface area contributed by atoms with Crippen molar-refractivity contribution < 1.29 is 23.9 Å². The van der Waals surface area contributed by atoms with Gasteiger partial charge in [0.1, 0.15) is 5.60 Å². The quantitative estimate of drug-likeness (QED) is 0.513. The molecule has 2 rings (SSSR count). The molecule has 34 heavy (non-hydrogen) atoms. The molecule has 1 fully saturated rings. The second-order valence-electron chi connectivity index (χ2n) is 9.99. The average Bonchev–Trinajstić information content (AvgIpc) is 3.14.